The van der Waals surface area contributed by atoms with E-state index in [-0.39, 0.29) is 6.54 Å². The van der Waals surface area contributed by atoms with E-state index in [9.17, 15) is 9.59 Å². The topological polar surface area (TPSA) is 81.3 Å². The molecule has 0 aliphatic rings. The predicted molar refractivity (Wildman–Crippen MR) is 120 cm³/mol. The summed E-state index contributed by atoms with van der Waals surface area (Å²) in [6, 6.07) is 22.6. The van der Waals surface area contributed by atoms with Gasteiger partial charge in [-0.05, 0) is 29.0 Å². The number of aromatic nitrogens is 4. The molecule has 0 atom stereocenters. The van der Waals surface area contributed by atoms with Crippen LogP contribution >= 0.6 is 11.6 Å². The quantitative estimate of drug-likeness (QED) is 0.468. The van der Waals surface area contributed by atoms with Crippen LogP contribution in [0.2, 0.25) is 5.02 Å². The summed E-state index contributed by atoms with van der Waals surface area (Å²) in [5.74, 6) is -0.402. The Labute approximate surface area is 181 Å². The Morgan fingerprint density at radius 1 is 1.00 bits per heavy atom. The SMILES string of the molecule is O=C(Cn1ncn2nc(-c3cccc4ccccc34)cc2c1=O)Nc1ccccc1Cl. The van der Waals surface area contributed by atoms with E-state index in [1.807, 2.05) is 42.5 Å². The average Bonchev–Trinajstić information content (AvgIpc) is 3.22. The van der Waals surface area contributed by atoms with Crippen molar-refractivity contribution >= 4 is 39.5 Å². The average molecular weight is 430 g/mol. The lowest BCUT2D eigenvalue weighted by Gasteiger charge is -2.08. The Morgan fingerprint density at radius 2 is 1.77 bits per heavy atom. The molecule has 152 valence electrons. The van der Waals surface area contributed by atoms with E-state index in [2.05, 4.69) is 15.5 Å². The van der Waals surface area contributed by atoms with Gasteiger partial charge in [-0.1, -0.05) is 66.2 Å². The molecule has 0 spiro atoms. The lowest BCUT2D eigenvalue weighted by atomic mass is 10.0. The third-order valence-electron chi connectivity index (χ3n) is 5.00. The van der Waals surface area contributed by atoms with Gasteiger partial charge in [0.1, 0.15) is 18.4 Å². The first-order valence-electron chi connectivity index (χ1n) is 9.58. The number of fused-ring (bicyclic) bond motifs is 2. The molecule has 0 fully saturated rings. The number of hydrogen-bond donors (Lipinski definition) is 1. The van der Waals surface area contributed by atoms with Crippen molar-refractivity contribution in [1.82, 2.24) is 19.4 Å². The third kappa shape index (κ3) is 3.55. The summed E-state index contributed by atoms with van der Waals surface area (Å²) in [6.07, 6.45) is 1.42. The maximum Gasteiger partial charge on any atom is 0.293 e. The van der Waals surface area contributed by atoms with Crippen molar-refractivity contribution in [2.24, 2.45) is 0 Å². The largest absolute Gasteiger partial charge is 0.323 e. The van der Waals surface area contributed by atoms with Gasteiger partial charge in [0.2, 0.25) is 5.91 Å². The number of amides is 1. The van der Waals surface area contributed by atoms with Crippen LogP contribution in [0, 0.1) is 0 Å². The zero-order valence-corrected chi connectivity index (χ0v) is 17.0. The van der Waals surface area contributed by atoms with Gasteiger partial charge < -0.3 is 5.32 Å². The highest BCUT2D eigenvalue weighted by molar-refractivity contribution is 6.33. The van der Waals surface area contributed by atoms with Gasteiger partial charge in [0.05, 0.1) is 16.4 Å². The molecule has 2 aromatic heterocycles. The van der Waals surface area contributed by atoms with E-state index in [0.29, 0.717) is 21.9 Å². The van der Waals surface area contributed by atoms with Gasteiger partial charge >= 0.3 is 0 Å². The molecule has 1 N–H and O–H groups in total. The molecule has 5 aromatic rings. The van der Waals surface area contributed by atoms with Crippen LogP contribution in [0.3, 0.4) is 0 Å². The number of hydrogen-bond acceptors (Lipinski definition) is 4. The van der Waals surface area contributed by atoms with Crippen LogP contribution in [0.25, 0.3) is 27.5 Å². The minimum atomic E-state index is -0.407. The third-order valence-corrected chi connectivity index (χ3v) is 5.33. The maximum absolute atomic E-state index is 12.9. The number of anilines is 1. The predicted octanol–water partition coefficient (Wildman–Crippen LogP) is 4.00. The molecular formula is C23H16ClN5O2. The van der Waals surface area contributed by atoms with Crippen LogP contribution < -0.4 is 10.9 Å². The lowest BCUT2D eigenvalue weighted by Crippen LogP contribution is -2.30. The Balaban J connectivity index is 1.48. The van der Waals surface area contributed by atoms with Gasteiger partial charge in [0, 0.05) is 5.56 Å². The van der Waals surface area contributed by atoms with Crippen molar-refractivity contribution in [2.45, 2.75) is 6.54 Å². The summed E-state index contributed by atoms with van der Waals surface area (Å²) in [6.45, 7) is -0.241. The molecule has 0 aliphatic heterocycles. The van der Waals surface area contributed by atoms with Gasteiger partial charge in [-0.25, -0.2) is 9.20 Å². The first kappa shape index (κ1) is 19.0. The molecule has 0 unspecified atom stereocenters. The molecule has 8 heteroatoms. The smallest absolute Gasteiger partial charge is 0.293 e. The minimum Gasteiger partial charge on any atom is -0.323 e. The number of para-hydroxylation sites is 1. The number of nitrogens with one attached hydrogen (secondary N) is 1. The first-order chi connectivity index (χ1) is 15.1. The Hall–Kier alpha value is -3.97. The van der Waals surface area contributed by atoms with Gasteiger partial charge in [0.25, 0.3) is 5.56 Å². The summed E-state index contributed by atoms with van der Waals surface area (Å²) in [7, 11) is 0. The maximum atomic E-state index is 12.9. The molecule has 0 saturated carbocycles. The van der Waals surface area contributed by atoms with Crippen molar-refractivity contribution in [3.8, 4) is 11.3 Å². The zero-order chi connectivity index (χ0) is 21.4. The molecule has 3 aromatic carbocycles. The van der Waals surface area contributed by atoms with Gasteiger partial charge in [-0.15, -0.1) is 0 Å². The van der Waals surface area contributed by atoms with Crippen molar-refractivity contribution in [3.05, 3.63) is 94.5 Å². The molecule has 7 nitrogen and oxygen atoms in total. The van der Waals surface area contributed by atoms with Crippen LogP contribution in [-0.2, 0) is 11.3 Å². The van der Waals surface area contributed by atoms with Gasteiger partial charge in [-0.3, -0.25) is 9.59 Å². The molecule has 2 heterocycles. The van der Waals surface area contributed by atoms with Crippen molar-refractivity contribution in [1.29, 1.82) is 0 Å². The van der Waals surface area contributed by atoms with Crippen molar-refractivity contribution in [2.75, 3.05) is 5.32 Å². The second-order valence-electron chi connectivity index (χ2n) is 7.01. The van der Waals surface area contributed by atoms with E-state index in [0.717, 1.165) is 21.0 Å². The fraction of sp³-hybridized carbons (Fsp3) is 0.0435. The lowest BCUT2D eigenvalue weighted by molar-refractivity contribution is -0.117. The number of nitrogens with zero attached hydrogens (tertiary/aromatic N) is 4. The summed E-state index contributed by atoms with van der Waals surface area (Å²) < 4.78 is 2.54. The molecule has 1 amide bonds. The highest BCUT2D eigenvalue weighted by Crippen LogP contribution is 2.27. The van der Waals surface area contributed by atoms with Crippen molar-refractivity contribution in [3.63, 3.8) is 0 Å². The van der Waals surface area contributed by atoms with E-state index < -0.39 is 11.5 Å². The second kappa shape index (κ2) is 7.70. The number of carbonyl (C=O) groups excluding carboxylic acids is 1. The second-order valence-corrected chi connectivity index (χ2v) is 7.42. The van der Waals surface area contributed by atoms with Crippen LogP contribution in [0.4, 0.5) is 5.69 Å². The normalized spacial score (nSPS) is 11.1. The Bertz CT molecular complexity index is 1500. The fourth-order valence-electron chi connectivity index (χ4n) is 3.52. The number of rotatable bonds is 4. The summed E-state index contributed by atoms with van der Waals surface area (Å²) in [5, 5.41) is 13.8. The van der Waals surface area contributed by atoms with E-state index in [1.165, 1.54) is 10.8 Å². The van der Waals surface area contributed by atoms with Crippen LogP contribution in [0.5, 0.6) is 0 Å². The zero-order valence-electron chi connectivity index (χ0n) is 16.2. The van der Waals surface area contributed by atoms with Crippen LogP contribution in [-0.4, -0.2) is 25.3 Å². The first-order valence-corrected chi connectivity index (χ1v) is 9.96. The van der Waals surface area contributed by atoms with E-state index >= 15 is 0 Å². The highest BCUT2D eigenvalue weighted by Gasteiger charge is 2.14. The van der Waals surface area contributed by atoms with Gasteiger partial charge in [0.15, 0.2) is 0 Å². The Morgan fingerprint density at radius 3 is 2.65 bits per heavy atom. The standard InChI is InChI=1S/C23H16ClN5O2/c24-18-10-3-4-11-19(18)26-22(30)13-28-23(31)21-12-20(27-29(21)14-25-28)17-9-5-7-15-6-1-2-8-16(15)17/h1-12,14H,13H2,(H,26,30). The monoisotopic (exact) mass is 429 g/mol. The van der Waals surface area contributed by atoms with Crippen molar-refractivity contribution < 1.29 is 4.79 Å². The molecule has 0 aliphatic carbocycles. The number of carbonyl (C=O) groups is 1. The minimum absolute atomic E-state index is 0.241. The van der Waals surface area contributed by atoms with Crippen LogP contribution in [0.1, 0.15) is 0 Å². The van der Waals surface area contributed by atoms with Crippen LogP contribution in [0.15, 0.2) is 83.9 Å². The molecule has 0 saturated heterocycles. The fourth-order valence-corrected chi connectivity index (χ4v) is 3.70. The van der Waals surface area contributed by atoms with Gasteiger partial charge in [-0.2, -0.15) is 10.2 Å². The molecule has 0 radical (unpaired) electrons. The van der Waals surface area contributed by atoms with E-state index in [1.54, 1.807) is 30.3 Å². The molecular weight excluding hydrogens is 414 g/mol. The highest BCUT2D eigenvalue weighted by atomic mass is 35.5. The summed E-state index contributed by atoms with van der Waals surface area (Å²) in [4.78, 5) is 25.3. The molecule has 31 heavy (non-hydrogen) atoms. The Kier molecular flexibility index (Phi) is 4.72. The number of halogens is 1. The summed E-state index contributed by atoms with van der Waals surface area (Å²) in [5.41, 5.74) is 1.99. The summed E-state index contributed by atoms with van der Waals surface area (Å²) >= 11 is 6.07. The molecule has 0 bridgehead atoms. The molecule has 5 rings (SSSR count). The number of benzene rings is 3. The van der Waals surface area contributed by atoms with E-state index in [4.69, 9.17) is 11.6 Å².